The average Bonchev–Trinajstić information content (AvgIpc) is 2.18. The molecule has 1 nitrogen and oxygen atoms in total. The zero-order valence-electron chi connectivity index (χ0n) is 8.98. The van der Waals surface area contributed by atoms with Gasteiger partial charge in [0.2, 0.25) is 0 Å². The summed E-state index contributed by atoms with van der Waals surface area (Å²) in [6.45, 7) is 5.96. The van der Waals surface area contributed by atoms with Crippen molar-refractivity contribution in [1.82, 2.24) is 5.32 Å². The second kappa shape index (κ2) is 5.69. The van der Waals surface area contributed by atoms with Gasteiger partial charge in [-0.2, -0.15) is 0 Å². The van der Waals surface area contributed by atoms with Crippen LogP contribution in [0.25, 0.3) is 0 Å². The van der Waals surface area contributed by atoms with E-state index in [0.29, 0.717) is 0 Å². The number of rotatable bonds is 4. The quantitative estimate of drug-likeness (QED) is 0.813. The summed E-state index contributed by atoms with van der Waals surface area (Å²) in [6, 6.07) is 6.31. The van der Waals surface area contributed by atoms with Gasteiger partial charge in [-0.15, -0.1) is 6.58 Å². The minimum absolute atomic E-state index is 0.285. The molecule has 1 atom stereocenters. The molecule has 0 amide bonds. The van der Waals surface area contributed by atoms with Crippen LogP contribution in [0.2, 0.25) is 5.02 Å². The van der Waals surface area contributed by atoms with Gasteiger partial charge in [0.1, 0.15) is 0 Å². The van der Waals surface area contributed by atoms with Crippen molar-refractivity contribution in [2.24, 2.45) is 0 Å². The molecule has 0 aliphatic rings. The summed E-state index contributed by atoms with van der Waals surface area (Å²) in [5.41, 5.74) is 2.35. The Hall–Kier alpha value is -0.310. The molecule has 0 aliphatic heterocycles. The number of benzene rings is 1. The monoisotopic (exact) mass is 287 g/mol. The fraction of sp³-hybridized carbons (Fsp3) is 0.333. The number of hydrogen-bond donors (Lipinski definition) is 1. The summed E-state index contributed by atoms with van der Waals surface area (Å²) < 4.78 is 0.929. The molecule has 1 rings (SSSR count). The van der Waals surface area contributed by atoms with E-state index < -0.39 is 0 Å². The van der Waals surface area contributed by atoms with Gasteiger partial charge >= 0.3 is 0 Å². The SMILES string of the molecule is C=C(C)CC(NC)c1ccc(Br)c(Cl)c1. The fourth-order valence-corrected chi connectivity index (χ4v) is 1.90. The van der Waals surface area contributed by atoms with Gasteiger partial charge in [-0.3, -0.25) is 0 Å². The Morgan fingerprint density at radius 1 is 1.60 bits per heavy atom. The normalized spacial score (nSPS) is 12.5. The van der Waals surface area contributed by atoms with Crippen molar-refractivity contribution in [1.29, 1.82) is 0 Å². The standard InChI is InChI=1S/C12H15BrClN/c1-8(2)6-12(15-3)9-4-5-10(13)11(14)7-9/h4-5,7,12,15H,1,6H2,2-3H3. The van der Waals surface area contributed by atoms with E-state index in [2.05, 4.69) is 33.9 Å². The Bertz CT molecular complexity index is 363. The first-order valence-electron chi connectivity index (χ1n) is 4.81. The van der Waals surface area contributed by atoms with Crippen molar-refractivity contribution in [3.05, 3.63) is 45.4 Å². The molecule has 1 unspecified atom stereocenters. The van der Waals surface area contributed by atoms with E-state index in [1.807, 2.05) is 26.1 Å². The second-order valence-electron chi connectivity index (χ2n) is 3.68. The van der Waals surface area contributed by atoms with Crippen LogP contribution in [-0.4, -0.2) is 7.05 Å². The molecule has 15 heavy (non-hydrogen) atoms. The van der Waals surface area contributed by atoms with Gasteiger partial charge in [0.25, 0.3) is 0 Å². The maximum absolute atomic E-state index is 6.05. The van der Waals surface area contributed by atoms with Gasteiger partial charge in [0, 0.05) is 10.5 Å². The molecular weight excluding hydrogens is 273 g/mol. The molecule has 3 heteroatoms. The molecule has 0 heterocycles. The van der Waals surface area contributed by atoms with E-state index in [-0.39, 0.29) is 6.04 Å². The zero-order chi connectivity index (χ0) is 11.4. The number of hydrogen-bond acceptors (Lipinski definition) is 1. The zero-order valence-corrected chi connectivity index (χ0v) is 11.3. The summed E-state index contributed by atoms with van der Waals surface area (Å²) in [5, 5.41) is 4.01. The molecule has 1 aromatic rings. The Labute approximate surface area is 105 Å². The van der Waals surface area contributed by atoms with Crippen LogP contribution in [0.1, 0.15) is 24.9 Å². The van der Waals surface area contributed by atoms with Crippen molar-refractivity contribution in [2.45, 2.75) is 19.4 Å². The molecule has 0 aliphatic carbocycles. The lowest BCUT2D eigenvalue weighted by molar-refractivity contribution is 0.590. The highest BCUT2D eigenvalue weighted by Gasteiger charge is 2.10. The van der Waals surface area contributed by atoms with Crippen LogP contribution >= 0.6 is 27.5 Å². The third-order valence-corrected chi connectivity index (χ3v) is 3.48. The fourth-order valence-electron chi connectivity index (χ4n) is 1.46. The van der Waals surface area contributed by atoms with E-state index in [4.69, 9.17) is 11.6 Å². The highest BCUT2D eigenvalue weighted by molar-refractivity contribution is 9.10. The third-order valence-electron chi connectivity index (χ3n) is 2.25. The molecule has 0 spiro atoms. The van der Waals surface area contributed by atoms with Crippen LogP contribution in [0, 0.1) is 0 Å². The molecule has 0 saturated heterocycles. The van der Waals surface area contributed by atoms with Crippen LogP contribution < -0.4 is 5.32 Å². The van der Waals surface area contributed by atoms with Gasteiger partial charge in [0.15, 0.2) is 0 Å². The maximum Gasteiger partial charge on any atom is 0.0551 e. The van der Waals surface area contributed by atoms with Crippen LogP contribution in [0.5, 0.6) is 0 Å². The largest absolute Gasteiger partial charge is 0.313 e. The second-order valence-corrected chi connectivity index (χ2v) is 4.94. The van der Waals surface area contributed by atoms with E-state index in [9.17, 15) is 0 Å². The van der Waals surface area contributed by atoms with Gasteiger partial charge in [0.05, 0.1) is 5.02 Å². The minimum Gasteiger partial charge on any atom is -0.313 e. The molecular formula is C12H15BrClN. The Morgan fingerprint density at radius 2 is 2.27 bits per heavy atom. The first kappa shape index (κ1) is 12.8. The van der Waals surface area contributed by atoms with Gasteiger partial charge in [-0.1, -0.05) is 23.2 Å². The van der Waals surface area contributed by atoms with Crippen molar-refractivity contribution in [3.8, 4) is 0 Å². The summed E-state index contributed by atoms with van der Waals surface area (Å²) >= 11 is 9.44. The maximum atomic E-state index is 6.05. The van der Waals surface area contributed by atoms with Gasteiger partial charge in [-0.05, 0) is 54.0 Å². The Morgan fingerprint density at radius 3 is 2.73 bits per heavy atom. The molecule has 0 saturated carbocycles. The molecule has 0 radical (unpaired) electrons. The van der Waals surface area contributed by atoms with Gasteiger partial charge in [-0.25, -0.2) is 0 Å². The predicted molar refractivity (Wildman–Crippen MR) is 70.4 cm³/mol. The summed E-state index contributed by atoms with van der Waals surface area (Å²) in [5.74, 6) is 0. The molecule has 0 aromatic heterocycles. The molecule has 0 bridgehead atoms. The van der Waals surface area contributed by atoms with E-state index in [0.717, 1.165) is 21.5 Å². The smallest absolute Gasteiger partial charge is 0.0551 e. The van der Waals surface area contributed by atoms with E-state index in [1.165, 1.54) is 5.56 Å². The van der Waals surface area contributed by atoms with Crippen molar-refractivity contribution in [3.63, 3.8) is 0 Å². The summed E-state index contributed by atoms with van der Waals surface area (Å²) in [4.78, 5) is 0. The molecule has 82 valence electrons. The van der Waals surface area contributed by atoms with Crippen LogP contribution in [-0.2, 0) is 0 Å². The predicted octanol–water partition coefficient (Wildman–Crippen LogP) is 4.33. The van der Waals surface area contributed by atoms with Crippen LogP contribution in [0.3, 0.4) is 0 Å². The number of nitrogens with one attached hydrogen (secondary N) is 1. The van der Waals surface area contributed by atoms with Crippen LogP contribution in [0.15, 0.2) is 34.8 Å². The highest BCUT2D eigenvalue weighted by Crippen LogP contribution is 2.28. The highest BCUT2D eigenvalue weighted by atomic mass is 79.9. The van der Waals surface area contributed by atoms with E-state index in [1.54, 1.807) is 0 Å². The molecule has 1 N–H and O–H groups in total. The van der Waals surface area contributed by atoms with Crippen molar-refractivity contribution in [2.75, 3.05) is 7.05 Å². The topological polar surface area (TPSA) is 12.0 Å². The first-order valence-corrected chi connectivity index (χ1v) is 5.98. The average molecular weight is 289 g/mol. The van der Waals surface area contributed by atoms with Crippen molar-refractivity contribution >= 4 is 27.5 Å². The lowest BCUT2D eigenvalue weighted by atomic mass is 10.0. The Balaban J connectivity index is 2.92. The third kappa shape index (κ3) is 3.63. The van der Waals surface area contributed by atoms with Gasteiger partial charge < -0.3 is 5.32 Å². The Kier molecular flexibility index (Phi) is 4.84. The van der Waals surface area contributed by atoms with E-state index >= 15 is 0 Å². The summed E-state index contributed by atoms with van der Waals surface area (Å²) in [6.07, 6.45) is 0.925. The first-order chi connectivity index (χ1) is 7.04. The van der Waals surface area contributed by atoms with Crippen LogP contribution in [0.4, 0.5) is 0 Å². The molecule has 0 fully saturated rings. The lowest BCUT2D eigenvalue weighted by Gasteiger charge is -2.17. The lowest BCUT2D eigenvalue weighted by Crippen LogP contribution is -2.16. The number of halogens is 2. The molecule has 1 aromatic carbocycles. The summed E-state index contributed by atoms with van der Waals surface area (Å²) in [7, 11) is 1.95. The minimum atomic E-state index is 0.285. The van der Waals surface area contributed by atoms with Crippen molar-refractivity contribution < 1.29 is 0 Å².